The van der Waals surface area contributed by atoms with Crippen molar-refractivity contribution >= 4 is 11.8 Å². The van der Waals surface area contributed by atoms with Gasteiger partial charge in [0.15, 0.2) is 0 Å². The molecule has 1 spiro atoms. The number of hydrogen-bond acceptors (Lipinski definition) is 3. The summed E-state index contributed by atoms with van der Waals surface area (Å²) in [5, 5.41) is 3.23. The van der Waals surface area contributed by atoms with Crippen LogP contribution in [-0.2, 0) is 9.53 Å². The lowest BCUT2D eigenvalue weighted by molar-refractivity contribution is -0.126. The first kappa shape index (κ1) is 21.1. The van der Waals surface area contributed by atoms with Gasteiger partial charge in [-0.2, -0.15) is 0 Å². The Hall–Kier alpha value is -2.14. The summed E-state index contributed by atoms with van der Waals surface area (Å²) in [6, 6.07) is 7.69. The van der Waals surface area contributed by atoms with E-state index in [-0.39, 0.29) is 17.7 Å². The van der Waals surface area contributed by atoms with E-state index < -0.39 is 5.54 Å². The predicted octanol–water partition coefficient (Wildman–Crippen LogP) is 4.19. The molecule has 0 saturated heterocycles. The van der Waals surface area contributed by atoms with Gasteiger partial charge in [-0.3, -0.25) is 9.59 Å². The number of carbonyl (C=O) groups is 2. The van der Waals surface area contributed by atoms with Gasteiger partial charge in [-0.15, -0.1) is 0 Å². The number of ether oxygens (including phenoxy) is 1. The van der Waals surface area contributed by atoms with Gasteiger partial charge in [0.25, 0.3) is 5.91 Å². The maximum Gasteiger partial charge on any atom is 0.254 e. The van der Waals surface area contributed by atoms with E-state index in [2.05, 4.69) is 11.4 Å². The highest BCUT2D eigenvalue weighted by Gasteiger charge is 2.55. The van der Waals surface area contributed by atoms with Gasteiger partial charge in [0.1, 0.15) is 0 Å². The number of benzene rings is 1. The van der Waals surface area contributed by atoms with Crippen molar-refractivity contribution in [1.82, 2.24) is 10.2 Å². The third-order valence-corrected chi connectivity index (χ3v) is 7.20. The monoisotopic (exact) mass is 410 g/mol. The van der Waals surface area contributed by atoms with Crippen LogP contribution in [0.15, 0.2) is 35.9 Å². The Balaban J connectivity index is 1.60. The Bertz CT molecular complexity index is 810. The summed E-state index contributed by atoms with van der Waals surface area (Å²) in [7, 11) is 1.66. The molecule has 1 fully saturated rings. The van der Waals surface area contributed by atoms with E-state index in [1.54, 1.807) is 7.11 Å². The van der Waals surface area contributed by atoms with Gasteiger partial charge in [-0.05, 0) is 56.6 Å². The molecule has 1 atom stereocenters. The third-order valence-electron chi connectivity index (χ3n) is 7.20. The summed E-state index contributed by atoms with van der Waals surface area (Å²) in [4.78, 5) is 29.0. The van der Waals surface area contributed by atoms with Gasteiger partial charge in [-0.1, -0.05) is 42.7 Å². The molecule has 1 saturated carbocycles. The molecule has 2 aliphatic carbocycles. The van der Waals surface area contributed by atoms with Crippen molar-refractivity contribution in [2.45, 2.75) is 69.2 Å². The Morgan fingerprint density at radius 2 is 2.00 bits per heavy atom. The second-order valence-corrected chi connectivity index (χ2v) is 8.93. The SMILES string of the molecule is COCCN1C(=O)c2ccccc2C(C(=O)NCCC2=CCCCC2)C12CCCC2. The highest BCUT2D eigenvalue weighted by Crippen LogP contribution is 2.50. The standard InChI is InChI=1S/C25H34N2O3/c1-30-18-17-27-24(29)21-12-6-5-11-20(21)22(25(27)14-7-8-15-25)23(28)26-16-13-19-9-3-2-4-10-19/h5-6,9,11-12,22H,2-4,7-8,10,13-18H2,1H3,(H,26,28). The van der Waals surface area contributed by atoms with Gasteiger partial charge >= 0.3 is 0 Å². The molecule has 1 aliphatic heterocycles. The quantitative estimate of drug-likeness (QED) is 0.686. The van der Waals surface area contributed by atoms with Crippen LogP contribution in [0, 0.1) is 0 Å². The van der Waals surface area contributed by atoms with E-state index in [1.165, 1.54) is 24.8 Å². The maximum atomic E-state index is 13.6. The Morgan fingerprint density at radius 3 is 2.73 bits per heavy atom. The van der Waals surface area contributed by atoms with E-state index in [9.17, 15) is 9.59 Å². The van der Waals surface area contributed by atoms with E-state index in [0.29, 0.717) is 25.3 Å². The Morgan fingerprint density at radius 1 is 1.20 bits per heavy atom. The largest absolute Gasteiger partial charge is 0.383 e. The summed E-state index contributed by atoms with van der Waals surface area (Å²) in [5.41, 5.74) is 2.60. The van der Waals surface area contributed by atoms with Crippen LogP contribution in [0.1, 0.15) is 79.6 Å². The third kappa shape index (κ3) is 3.92. The highest BCUT2D eigenvalue weighted by molar-refractivity contribution is 6.02. The molecule has 1 heterocycles. The average molecular weight is 411 g/mol. The van der Waals surface area contributed by atoms with Gasteiger partial charge in [-0.25, -0.2) is 0 Å². The normalized spacial score (nSPS) is 22.7. The van der Waals surface area contributed by atoms with E-state index >= 15 is 0 Å². The fourth-order valence-corrected chi connectivity index (χ4v) is 5.75. The zero-order valence-electron chi connectivity index (χ0n) is 18.1. The number of nitrogens with one attached hydrogen (secondary N) is 1. The molecule has 1 aromatic carbocycles. The van der Waals surface area contributed by atoms with Crippen LogP contribution < -0.4 is 5.32 Å². The molecule has 162 valence electrons. The minimum absolute atomic E-state index is 0.0426. The van der Waals surface area contributed by atoms with Crippen molar-refractivity contribution < 1.29 is 14.3 Å². The van der Waals surface area contributed by atoms with E-state index in [4.69, 9.17) is 4.74 Å². The van der Waals surface area contributed by atoms with Crippen LogP contribution in [0.4, 0.5) is 0 Å². The second kappa shape index (κ2) is 9.34. The van der Waals surface area contributed by atoms with Gasteiger partial charge < -0.3 is 15.0 Å². The van der Waals surface area contributed by atoms with Gasteiger partial charge in [0.2, 0.25) is 5.91 Å². The molecule has 5 nitrogen and oxygen atoms in total. The first-order valence-corrected chi connectivity index (χ1v) is 11.5. The number of amides is 2. The molecular weight excluding hydrogens is 376 g/mol. The lowest BCUT2D eigenvalue weighted by atomic mass is 9.71. The summed E-state index contributed by atoms with van der Waals surface area (Å²) in [6.07, 6.45) is 12.0. The van der Waals surface area contributed by atoms with Gasteiger partial charge in [0, 0.05) is 25.8 Å². The van der Waals surface area contributed by atoms with Crippen molar-refractivity contribution in [3.63, 3.8) is 0 Å². The number of rotatable bonds is 7. The number of hydrogen-bond donors (Lipinski definition) is 1. The van der Waals surface area contributed by atoms with Crippen molar-refractivity contribution in [2.24, 2.45) is 0 Å². The topological polar surface area (TPSA) is 58.6 Å². The average Bonchev–Trinajstić information content (AvgIpc) is 3.24. The van der Waals surface area contributed by atoms with E-state index in [1.807, 2.05) is 29.2 Å². The predicted molar refractivity (Wildman–Crippen MR) is 117 cm³/mol. The van der Waals surface area contributed by atoms with Crippen molar-refractivity contribution in [3.05, 3.63) is 47.0 Å². The zero-order valence-corrected chi connectivity index (χ0v) is 18.1. The molecule has 30 heavy (non-hydrogen) atoms. The number of allylic oxidation sites excluding steroid dienone is 1. The summed E-state index contributed by atoms with van der Waals surface area (Å²) in [6.45, 7) is 1.68. The van der Waals surface area contributed by atoms with Crippen LogP contribution in [0.25, 0.3) is 0 Å². The van der Waals surface area contributed by atoms with Crippen molar-refractivity contribution in [3.8, 4) is 0 Å². The maximum absolute atomic E-state index is 13.6. The van der Waals surface area contributed by atoms with Crippen molar-refractivity contribution in [1.29, 1.82) is 0 Å². The molecule has 0 aromatic heterocycles. The van der Waals surface area contributed by atoms with Crippen LogP contribution >= 0.6 is 0 Å². The number of methoxy groups -OCH3 is 1. The molecular formula is C25H34N2O3. The molecule has 1 N–H and O–H groups in total. The first-order chi connectivity index (χ1) is 14.7. The lowest BCUT2D eigenvalue weighted by Gasteiger charge is -2.50. The second-order valence-electron chi connectivity index (χ2n) is 8.93. The molecule has 1 unspecified atom stereocenters. The number of carbonyl (C=O) groups excluding carboxylic acids is 2. The fraction of sp³-hybridized carbons (Fsp3) is 0.600. The zero-order chi connectivity index (χ0) is 21.0. The van der Waals surface area contributed by atoms with Crippen molar-refractivity contribution in [2.75, 3.05) is 26.8 Å². The molecule has 1 aromatic rings. The van der Waals surface area contributed by atoms with Crippen LogP contribution in [0.3, 0.4) is 0 Å². The summed E-state index contributed by atoms with van der Waals surface area (Å²) >= 11 is 0. The minimum atomic E-state index is -0.432. The minimum Gasteiger partial charge on any atom is -0.383 e. The molecule has 5 heteroatoms. The van der Waals surface area contributed by atoms with E-state index in [0.717, 1.165) is 44.1 Å². The number of fused-ring (bicyclic) bond motifs is 1. The number of nitrogens with zero attached hydrogens (tertiary/aromatic N) is 1. The van der Waals surface area contributed by atoms with Gasteiger partial charge in [0.05, 0.1) is 18.1 Å². The molecule has 0 bridgehead atoms. The smallest absolute Gasteiger partial charge is 0.254 e. The van der Waals surface area contributed by atoms with Crippen LogP contribution in [-0.4, -0.2) is 49.1 Å². The molecule has 4 rings (SSSR count). The summed E-state index contributed by atoms with van der Waals surface area (Å²) < 4.78 is 5.31. The van der Waals surface area contributed by atoms with Crippen LogP contribution in [0.5, 0.6) is 0 Å². The Labute approximate surface area is 179 Å². The Kier molecular flexibility index (Phi) is 6.57. The molecule has 2 amide bonds. The highest BCUT2D eigenvalue weighted by atomic mass is 16.5. The first-order valence-electron chi connectivity index (χ1n) is 11.5. The molecule has 0 radical (unpaired) electrons. The van der Waals surface area contributed by atoms with Crippen LogP contribution in [0.2, 0.25) is 0 Å². The summed E-state index contributed by atoms with van der Waals surface area (Å²) in [5.74, 6) is -0.206. The lowest BCUT2D eigenvalue weighted by Crippen LogP contribution is -2.61. The molecule has 3 aliphatic rings. The fourth-order valence-electron chi connectivity index (χ4n) is 5.75.